The minimum Gasteiger partial charge on any atom is -0.299 e. The van der Waals surface area contributed by atoms with E-state index in [9.17, 15) is 0 Å². The zero-order valence-corrected chi connectivity index (χ0v) is 13.0. The summed E-state index contributed by atoms with van der Waals surface area (Å²) in [5, 5.41) is 0. The summed E-state index contributed by atoms with van der Waals surface area (Å²) in [5.74, 6) is 1.90. The van der Waals surface area contributed by atoms with Gasteiger partial charge in [-0.2, -0.15) is 0 Å². The molecule has 21 heavy (non-hydrogen) atoms. The predicted molar refractivity (Wildman–Crippen MR) is 84.9 cm³/mol. The van der Waals surface area contributed by atoms with Gasteiger partial charge in [-0.05, 0) is 49.1 Å². The first-order chi connectivity index (χ1) is 10.4. The van der Waals surface area contributed by atoms with Crippen LogP contribution < -0.4 is 0 Å². The molecule has 3 saturated heterocycles. The third-order valence-corrected chi connectivity index (χ3v) is 5.75. The maximum Gasteiger partial charge on any atom is 0.0312 e. The molecule has 114 valence electrons. The minimum absolute atomic E-state index is 0.807. The van der Waals surface area contributed by atoms with Crippen molar-refractivity contribution in [1.82, 2.24) is 14.8 Å². The number of rotatable bonds is 4. The first-order valence-electron chi connectivity index (χ1n) is 8.72. The largest absolute Gasteiger partial charge is 0.299 e. The second kappa shape index (κ2) is 6.05. The highest BCUT2D eigenvalue weighted by Gasteiger charge is 2.36. The molecule has 0 aromatic carbocycles. The highest BCUT2D eigenvalue weighted by Crippen LogP contribution is 2.33. The summed E-state index contributed by atoms with van der Waals surface area (Å²) in [7, 11) is 0. The van der Waals surface area contributed by atoms with E-state index in [4.69, 9.17) is 0 Å². The van der Waals surface area contributed by atoms with Crippen molar-refractivity contribution in [3.05, 3.63) is 30.1 Å². The molecule has 0 spiro atoms. The molecule has 0 amide bonds. The van der Waals surface area contributed by atoms with Crippen molar-refractivity contribution in [1.29, 1.82) is 0 Å². The number of pyridine rings is 1. The van der Waals surface area contributed by atoms with E-state index in [2.05, 4.69) is 26.9 Å². The average Bonchev–Trinajstić information content (AvgIpc) is 2.74. The van der Waals surface area contributed by atoms with Crippen LogP contribution in [0.1, 0.15) is 37.7 Å². The zero-order valence-electron chi connectivity index (χ0n) is 13.0. The standard InChI is InChI=1S/C18H27N3/c1-3-15(4-1)12-21-13-17-6-7-18(21)14-20(11-17)10-16-5-2-8-19-9-16/h2,5,8-9,15,17-18H,1,3-4,6-7,10-14H2/t17-,18+/m1/s1. The van der Waals surface area contributed by atoms with Crippen LogP contribution >= 0.6 is 0 Å². The van der Waals surface area contributed by atoms with Gasteiger partial charge in [0.25, 0.3) is 0 Å². The van der Waals surface area contributed by atoms with E-state index >= 15 is 0 Å². The lowest BCUT2D eigenvalue weighted by Crippen LogP contribution is -2.46. The van der Waals surface area contributed by atoms with Crippen molar-refractivity contribution >= 4 is 0 Å². The first kappa shape index (κ1) is 13.7. The number of piperidine rings is 1. The molecule has 1 aliphatic carbocycles. The Kier molecular flexibility index (Phi) is 3.95. The summed E-state index contributed by atoms with van der Waals surface area (Å²) in [6.45, 7) is 6.36. The van der Waals surface area contributed by atoms with Crippen LogP contribution in [0.3, 0.4) is 0 Å². The van der Waals surface area contributed by atoms with Gasteiger partial charge in [0.15, 0.2) is 0 Å². The Balaban J connectivity index is 1.40. The Labute approximate surface area is 128 Å². The smallest absolute Gasteiger partial charge is 0.0312 e. The molecule has 5 rings (SSSR count). The molecule has 1 saturated carbocycles. The molecule has 1 aromatic heterocycles. The maximum atomic E-state index is 4.26. The van der Waals surface area contributed by atoms with E-state index < -0.39 is 0 Å². The maximum absolute atomic E-state index is 4.26. The molecule has 4 fully saturated rings. The number of aromatic nitrogens is 1. The van der Waals surface area contributed by atoms with Gasteiger partial charge >= 0.3 is 0 Å². The van der Waals surface area contributed by atoms with Crippen LogP contribution in [0.2, 0.25) is 0 Å². The Bertz CT molecular complexity index is 457. The lowest BCUT2D eigenvalue weighted by molar-refractivity contribution is 0.0891. The SMILES string of the molecule is c1cncc(CN2C[C@H]3CC[C@@H](C2)N(CC2CCC2)C3)c1. The molecule has 0 radical (unpaired) electrons. The molecular formula is C18H27N3. The highest BCUT2D eigenvalue weighted by atomic mass is 15.3. The molecule has 0 unspecified atom stereocenters. The fraction of sp³-hybridized carbons (Fsp3) is 0.722. The van der Waals surface area contributed by atoms with Crippen LogP contribution in [0.15, 0.2) is 24.5 Å². The Morgan fingerprint density at radius 1 is 1.10 bits per heavy atom. The van der Waals surface area contributed by atoms with Crippen molar-refractivity contribution in [2.75, 3.05) is 26.2 Å². The van der Waals surface area contributed by atoms with Crippen LogP contribution in [0.4, 0.5) is 0 Å². The lowest BCUT2D eigenvalue weighted by Gasteiger charge is -2.40. The van der Waals surface area contributed by atoms with Gasteiger partial charge in [-0.3, -0.25) is 14.8 Å². The first-order valence-corrected chi connectivity index (χ1v) is 8.72. The topological polar surface area (TPSA) is 19.4 Å². The lowest BCUT2D eigenvalue weighted by atomic mass is 9.83. The van der Waals surface area contributed by atoms with E-state index in [1.807, 2.05) is 12.4 Å². The summed E-state index contributed by atoms with van der Waals surface area (Å²) < 4.78 is 0. The average molecular weight is 285 g/mol. The van der Waals surface area contributed by atoms with E-state index in [0.717, 1.165) is 24.4 Å². The fourth-order valence-electron chi connectivity index (χ4n) is 4.39. The van der Waals surface area contributed by atoms with Crippen molar-refractivity contribution in [2.24, 2.45) is 11.8 Å². The van der Waals surface area contributed by atoms with Gasteiger partial charge in [-0.25, -0.2) is 0 Å². The van der Waals surface area contributed by atoms with Crippen molar-refractivity contribution in [3.63, 3.8) is 0 Å². The summed E-state index contributed by atoms with van der Waals surface area (Å²) in [5.41, 5.74) is 1.37. The van der Waals surface area contributed by atoms with Crippen LogP contribution in [-0.4, -0.2) is 47.0 Å². The van der Waals surface area contributed by atoms with Gasteiger partial charge in [0.05, 0.1) is 0 Å². The van der Waals surface area contributed by atoms with Crippen LogP contribution in [0, 0.1) is 11.8 Å². The molecule has 0 N–H and O–H groups in total. The van der Waals surface area contributed by atoms with E-state index in [-0.39, 0.29) is 0 Å². The molecule has 2 bridgehead atoms. The third kappa shape index (κ3) is 3.14. The summed E-state index contributed by atoms with van der Waals surface area (Å²) in [4.78, 5) is 9.78. The normalized spacial score (nSPS) is 31.0. The predicted octanol–water partition coefficient (Wildman–Crippen LogP) is 2.78. The number of nitrogens with zero attached hydrogens (tertiary/aromatic N) is 3. The molecule has 3 heteroatoms. The Morgan fingerprint density at radius 3 is 2.81 bits per heavy atom. The van der Waals surface area contributed by atoms with Gasteiger partial charge in [-0.15, -0.1) is 0 Å². The minimum atomic E-state index is 0.807. The number of hydrogen-bond donors (Lipinski definition) is 0. The molecule has 4 heterocycles. The molecule has 4 aliphatic rings. The summed E-state index contributed by atoms with van der Waals surface area (Å²) >= 11 is 0. The van der Waals surface area contributed by atoms with Gasteiger partial charge < -0.3 is 0 Å². The fourth-order valence-corrected chi connectivity index (χ4v) is 4.39. The molecule has 2 atom stereocenters. The molecule has 3 aliphatic heterocycles. The van der Waals surface area contributed by atoms with Gasteiger partial charge in [0, 0.05) is 51.2 Å². The Morgan fingerprint density at radius 2 is 2.05 bits per heavy atom. The number of fused-ring (bicyclic) bond motifs is 4. The van der Waals surface area contributed by atoms with Gasteiger partial charge in [0.1, 0.15) is 0 Å². The van der Waals surface area contributed by atoms with Crippen LogP contribution in [0.25, 0.3) is 0 Å². The van der Waals surface area contributed by atoms with Gasteiger partial charge in [-0.1, -0.05) is 12.5 Å². The highest BCUT2D eigenvalue weighted by molar-refractivity contribution is 5.08. The van der Waals surface area contributed by atoms with Gasteiger partial charge in [0.2, 0.25) is 0 Å². The second-order valence-corrected chi connectivity index (χ2v) is 7.40. The monoisotopic (exact) mass is 285 g/mol. The molecule has 3 nitrogen and oxygen atoms in total. The second-order valence-electron chi connectivity index (χ2n) is 7.40. The van der Waals surface area contributed by atoms with E-state index in [1.165, 1.54) is 63.8 Å². The summed E-state index contributed by atoms with van der Waals surface area (Å²) in [6, 6.07) is 5.08. The quantitative estimate of drug-likeness (QED) is 0.848. The van der Waals surface area contributed by atoms with E-state index in [1.54, 1.807) is 0 Å². The number of hydrogen-bond acceptors (Lipinski definition) is 3. The summed E-state index contributed by atoms with van der Waals surface area (Å²) in [6.07, 6.45) is 11.2. The Hall–Kier alpha value is -0.930. The van der Waals surface area contributed by atoms with E-state index in [0.29, 0.717) is 0 Å². The van der Waals surface area contributed by atoms with Crippen LogP contribution in [0.5, 0.6) is 0 Å². The van der Waals surface area contributed by atoms with Crippen molar-refractivity contribution < 1.29 is 0 Å². The molecule has 1 aromatic rings. The van der Waals surface area contributed by atoms with Crippen LogP contribution in [-0.2, 0) is 6.54 Å². The zero-order chi connectivity index (χ0) is 14.1. The third-order valence-electron chi connectivity index (χ3n) is 5.75. The van der Waals surface area contributed by atoms with Crippen molar-refractivity contribution in [2.45, 2.75) is 44.7 Å². The molecular weight excluding hydrogens is 258 g/mol. The van der Waals surface area contributed by atoms with Crippen molar-refractivity contribution in [3.8, 4) is 0 Å².